The number of anilines is 1. The van der Waals surface area contributed by atoms with Gasteiger partial charge in [0.15, 0.2) is 0 Å². The number of carbonyl (C=O) groups excluding carboxylic acids is 1. The zero-order valence-corrected chi connectivity index (χ0v) is 10.4. The fourth-order valence-electron chi connectivity index (χ4n) is 1.95. The van der Waals surface area contributed by atoms with Gasteiger partial charge in [0.2, 0.25) is 0 Å². The van der Waals surface area contributed by atoms with Crippen LogP contribution in [0.1, 0.15) is 30.3 Å². The molecule has 2 heterocycles. The zero-order valence-electron chi connectivity index (χ0n) is 10.4. The van der Waals surface area contributed by atoms with Gasteiger partial charge in [0.1, 0.15) is 5.69 Å². The van der Waals surface area contributed by atoms with E-state index in [4.69, 9.17) is 10.6 Å². The van der Waals surface area contributed by atoms with E-state index in [1.54, 1.807) is 12.1 Å². The summed E-state index contributed by atoms with van der Waals surface area (Å²) in [6.45, 7) is 3.28. The summed E-state index contributed by atoms with van der Waals surface area (Å²) in [7, 11) is 0. The molecule has 1 aliphatic rings. The van der Waals surface area contributed by atoms with Gasteiger partial charge in [-0.15, -0.1) is 0 Å². The van der Waals surface area contributed by atoms with Crippen LogP contribution in [0.4, 0.5) is 5.69 Å². The second-order valence-electron chi connectivity index (χ2n) is 4.66. The minimum Gasteiger partial charge on any atom is -0.373 e. The van der Waals surface area contributed by atoms with Gasteiger partial charge >= 0.3 is 0 Å². The van der Waals surface area contributed by atoms with Crippen molar-refractivity contribution in [1.29, 1.82) is 0 Å². The van der Waals surface area contributed by atoms with E-state index in [9.17, 15) is 4.79 Å². The Morgan fingerprint density at radius 1 is 1.61 bits per heavy atom. The molecule has 0 saturated carbocycles. The summed E-state index contributed by atoms with van der Waals surface area (Å²) in [6, 6.07) is 3.33. The second kappa shape index (κ2) is 5.32. The molecule has 6 nitrogen and oxygen atoms in total. The Labute approximate surface area is 106 Å². The predicted molar refractivity (Wildman–Crippen MR) is 68.0 cm³/mol. The van der Waals surface area contributed by atoms with Gasteiger partial charge < -0.3 is 15.5 Å². The Balaban J connectivity index is 1.90. The van der Waals surface area contributed by atoms with Crippen LogP contribution >= 0.6 is 0 Å². The molecule has 0 aromatic carbocycles. The summed E-state index contributed by atoms with van der Waals surface area (Å²) in [5, 5.41) is 2.84. The topological polar surface area (TPSA) is 89.3 Å². The molecule has 4 N–H and O–H groups in total. The van der Waals surface area contributed by atoms with Crippen molar-refractivity contribution in [2.24, 2.45) is 5.84 Å². The van der Waals surface area contributed by atoms with Gasteiger partial charge in [0.05, 0.1) is 17.5 Å². The number of carbonyl (C=O) groups is 1. The minimum atomic E-state index is -0.242. The number of hydrogen-bond donors (Lipinski definition) is 3. The first kappa shape index (κ1) is 12.8. The molecule has 1 fully saturated rings. The highest BCUT2D eigenvalue weighted by Gasteiger charge is 2.30. The third kappa shape index (κ3) is 2.96. The molecular weight excluding hydrogens is 232 g/mol. The SMILES string of the molecule is CC1(CNC(=O)c2ccc(NN)cn2)CCCO1. The van der Waals surface area contributed by atoms with Gasteiger partial charge in [-0.2, -0.15) is 0 Å². The van der Waals surface area contributed by atoms with Gasteiger partial charge in [-0.3, -0.25) is 10.6 Å². The number of nitrogens with two attached hydrogens (primary N) is 1. The number of amides is 1. The van der Waals surface area contributed by atoms with Crippen molar-refractivity contribution in [2.45, 2.75) is 25.4 Å². The summed E-state index contributed by atoms with van der Waals surface area (Å²) < 4.78 is 5.60. The Bertz CT molecular complexity index is 413. The van der Waals surface area contributed by atoms with Crippen molar-refractivity contribution in [3.63, 3.8) is 0 Å². The van der Waals surface area contributed by atoms with E-state index >= 15 is 0 Å². The lowest BCUT2D eigenvalue weighted by molar-refractivity contribution is 0.0205. The molecule has 1 amide bonds. The molecule has 1 saturated heterocycles. The number of hydrogen-bond acceptors (Lipinski definition) is 5. The average molecular weight is 250 g/mol. The molecule has 98 valence electrons. The van der Waals surface area contributed by atoms with E-state index in [2.05, 4.69) is 15.7 Å². The molecule has 1 aromatic rings. The van der Waals surface area contributed by atoms with E-state index in [1.807, 2.05) is 6.92 Å². The molecule has 0 aliphatic carbocycles. The van der Waals surface area contributed by atoms with Gasteiger partial charge in [-0.05, 0) is 31.9 Å². The maximum Gasteiger partial charge on any atom is 0.269 e. The van der Waals surface area contributed by atoms with Crippen LogP contribution in [0, 0.1) is 0 Å². The third-order valence-corrected chi connectivity index (χ3v) is 3.09. The maximum atomic E-state index is 11.9. The molecule has 0 bridgehead atoms. The van der Waals surface area contributed by atoms with E-state index in [0.29, 0.717) is 17.9 Å². The average Bonchev–Trinajstić information content (AvgIpc) is 2.83. The minimum absolute atomic E-state index is 0.199. The van der Waals surface area contributed by atoms with Crippen molar-refractivity contribution in [3.8, 4) is 0 Å². The van der Waals surface area contributed by atoms with E-state index in [1.165, 1.54) is 6.20 Å². The Hall–Kier alpha value is -1.66. The molecule has 1 atom stereocenters. The molecule has 1 unspecified atom stereocenters. The summed E-state index contributed by atoms with van der Waals surface area (Å²) >= 11 is 0. The predicted octanol–water partition coefficient (Wildman–Crippen LogP) is 0.666. The van der Waals surface area contributed by atoms with E-state index < -0.39 is 0 Å². The Kier molecular flexibility index (Phi) is 3.78. The number of nitrogens with one attached hydrogen (secondary N) is 2. The molecule has 18 heavy (non-hydrogen) atoms. The number of rotatable bonds is 4. The highest BCUT2D eigenvalue weighted by atomic mass is 16.5. The molecule has 0 spiro atoms. The van der Waals surface area contributed by atoms with Crippen molar-refractivity contribution < 1.29 is 9.53 Å². The summed E-state index contributed by atoms with van der Waals surface area (Å²) in [5.74, 6) is 5.03. The lowest BCUT2D eigenvalue weighted by atomic mass is 10.0. The zero-order chi connectivity index (χ0) is 13.0. The van der Waals surface area contributed by atoms with Crippen molar-refractivity contribution in [3.05, 3.63) is 24.0 Å². The molecule has 2 rings (SSSR count). The largest absolute Gasteiger partial charge is 0.373 e. The Morgan fingerprint density at radius 2 is 2.44 bits per heavy atom. The van der Waals surface area contributed by atoms with Crippen LogP contribution < -0.4 is 16.6 Å². The van der Waals surface area contributed by atoms with Crippen molar-refractivity contribution in [2.75, 3.05) is 18.6 Å². The van der Waals surface area contributed by atoms with Crippen LogP contribution in [-0.4, -0.2) is 29.6 Å². The first-order valence-electron chi connectivity index (χ1n) is 5.98. The summed E-state index contributed by atoms with van der Waals surface area (Å²) in [5.41, 5.74) is 3.26. The van der Waals surface area contributed by atoms with Crippen LogP contribution in [0.5, 0.6) is 0 Å². The second-order valence-corrected chi connectivity index (χ2v) is 4.66. The fraction of sp³-hybridized carbons (Fsp3) is 0.500. The van der Waals surface area contributed by atoms with Crippen LogP contribution in [0.25, 0.3) is 0 Å². The van der Waals surface area contributed by atoms with Crippen LogP contribution in [0.3, 0.4) is 0 Å². The number of aromatic nitrogens is 1. The highest BCUT2D eigenvalue weighted by Crippen LogP contribution is 2.23. The lowest BCUT2D eigenvalue weighted by Crippen LogP contribution is -2.40. The molecular formula is C12H18N4O2. The van der Waals surface area contributed by atoms with Crippen LogP contribution in [0.15, 0.2) is 18.3 Å². The highest BCUT2D eigenvalue weighted by molar-refractivity contribution is 5.92. The molecule has 0 radical (unpaired) electrons. The number of ether oxygens (including phenoxy) is 1. The van der Waals surface area contributed by atoms with Gasteiger partial charge in [-0.1, -0.05) is 0 Å². The quantitative estimate of drug-likeness (QED) is 0.540. The van der Waals surface area contributed by atoms with Crippen molar-refractivity contribution >= 4 is 11.6 Å². The summed E-state index contributed by atoms with van der Waals surface area (Å²) in [6.07, 6.45) is 3.53. The first-order valence-corrected chi connectivity index (χ1v) is 5.98. The number of nitrogen functional groups attached to an aromatic ring is 1. The van der Waals surface area contributed by atoms with Crippen molar-refractivity contribution in [1.82, 2.24) is 10.3 Å². The molecule has 1 aromatic heterocycles. The molecule has 6 heteroatoms. The third-order valence-electron chi connectivity index (χ3n) is 3.09. The number of hydrazine groups is 1. The lowest BCUT2D eigenvalue weighted by Gasteiger charge is -2.23. The maximum absolute atomic E-state index is 11.9. The molecule has 1 aliphatic heterocycles. The smallest absolute Gasteiger partial charge is 0.269 e. The first-order chi connectivity index (χ1) is 8.63. The number of pyridine rings is 1. The van der Waals surface area contributed by atoms with Gasteiger partial charge in [-0.25, -0.2) is 4.98 Å². The Morgan fingerprint density at radius 3 is 3.00 bits per heavy atom. The standard InChI is InChI=1S/C12H18N4O2/c1-12(5-2-6-18-12)8-15-11(17)10-4-3-9(16-13)7-14-10/h3-4,7,16H,2,5-6,8,13H2,1H3,(H,15,17). The normalized spacial score (nSPS) is 22.8. The van der Waals surface area contributed by atoms with Gasteiger partial charge in [0.25, 0.3) is 5.91 Å². The number of nitrogens with zero attached hydrogens (tertiary/aromatic N) is 1. The fourth-order valence-corrected chi connectivity index (χ4v) is 1.95. The van der Waals surface area contributed by atoms with E-state index in [-0.39, 0.29) is 11.5 Å². The van der Waals surface area contributed by atoms with Crippen LogP contribution in [-0.2, 0) is 4.74 Å². The van der Waals surface area contributed by atoms with Gasteiger partial charge in [0, 0.05) is 13.2 Å². The monoisotopic (exact) mass is 250 g/mol. The van der Waals surface area contributed by atoms with Crippen LogP contribution in [0.2, 0.25) is 0 Å². The van der Waals surface area contributed by atoms with E-state index in [0.717, 1.165) is 19.4 Å². The summed E-state index contributed by atoms with van der Waals surface area (Å²) in [4.78, 5) is 15.9.